The third-order valence-electron chi connectivity index (χ3n) is 4.72. The van der Waals surface area contributed by atoms with Crippen LogP contribution in [-0.4, -0.2) is 49.8 Å². The molecule has 2 aliphatic heterocycles. The van der Waals surface area contributed by atoms with Crippen LogP contribution in [0.3, 0.4) is 0 Å². The van der Waals surface area contributed by atoms with Crippen molar-refractivity contribution < 1.29 is 9.13 Å². The van der Waals surface area contributed by atoms with Gasteiger partial charge < -0.3 is 10.1 Å². The highest BCUT2D eigenvalue weighted by Gasteiger charge is 2.31. The lowest BCUT2D eigenvalue weighted by Crippen LogP contribution is -2.49. The standard InChI is InChI=1S/C17H25FN2O/c1-13(14-4-6-15(18)7-5-14)9-19-10-17-11-20-8-2-3-16(20)12-21-17/h4-7,13,16-17,19H,2-3,8-12H2,1H3/t13-,16-,17+/m1/s1. The second-order valence-electron chi connectivity index (χ2n) is 6.36. The maximum atomic E-state index is 12.9. The van der Waals surface area contributed by atoms with Crippen LogP contribution in [-0.2, 0) is 4.74 Å². The van der Waals surface area contributed by atoms with Gasteiger partial charge in [0.1, 0.15) is 5.82 Å². The molecule has 3 rings (SSSR count). The minimum absolute atomic E-state index is 0.172. The predicted molar refractivity (Wildman–Crippen MR) is 82.0 cm³/mol. The zero-order chi connectivity index (χ0) is 14.7. The lowest BCUT2D eigenvalue weighted by molar-refractivity contribution is -0.0469. The fourth-order valence-electron chi connectivity index (χ4n) is 3.38. The minimum Gasteiger partial charge on any atom is -0.374 e. The third-order valence-corrected chi connectivity index (χ3v) is 4.72. The van der Waals surface area contributed by atoms with Gasteiger partial charge in [-0.05, 0) is 43.0 Å². The summed E-state index contributed by atoms with van der Waals surface area (Å²) in [5.74, 6) is 0.211. The Morgan fingerprint density at radius 1 is 1.38 bits per heavy atom. The van der Waals surface area contributed by atoms with E-state index in [1.54, 1.807) is 0 Å². The number of hydrogen-bond acceptors (Lipinski definition) is 3. The van der Waals surface area contributed by atoms with Crippen LogP contribution in [0.2, 0.25) is 0 Å². The molecule has 0 spiro atoms. The summed E-state index contributed by atoms with van der Waals surface area (Å²) in [6.45, 7) is 7.14. The van der Waals surface area contributed by atoms with Gasteiger partial charge >= 0.3 is 0 Å². The van der Waals surface area contributed by atoms with Crippen LogP contribution in [0.1, 0.15) is 31.2 Å². The molecule has 0 bridgehead atoms. The molecule has 4 heteroatoms. The summed E-state index contributed by atoms with van der Waals surface area (Å²) >= 11 is 0. The highest BCUT2D eigenvalue weighted by Crippen LogP contribution is 2.22. The van der Waals surface area contributed by atoms with Crippen molar-refractivity contribution in [2.45, 2.75) is 37.8 Å². The molecular formula is C17H25FN2O. The van der Waals surface area contributed by atoms with E-state index in [1.807, 2.05) is 12.1 Å². The van der Waals surface area contributed by atoms with E-state index >= 15 is 0 Å². The molecule has 2 aliphatic rings. The molecule has 0 saturated carbocycles. The Labute approximate surface area is 126 Å². The van der Waals surface area contributed by atoms with Crippen molar-refractivity contribution in [1.82, 2.24) is 10.2 Å². The van der Waals surface area contributed by atoms with Gasteiger partial charge in [0.05, 0.1) is 12.7 Å². The van der Waals surface area contributed by atoms with Crippen molar-refractivity contribution in [3.8, 4) is 0 Å². The average Bonchev–Trinajstić information content (AvgIpc) is 2.95. The van der Waals surface area contributed by atoms with Gasteiger partial charge in [-0.3, -0.25) is 4.90 Å². The van der Waals surface area contributed by atoms with Crippen LogP contribution in [0.4, 0.5) is 4.39 Å². The predicted octanol–water partition coefficient (Wildman–Crippen LogP) is 2.38. The molecule has 2 saturated heterocycles. The minimum atomic E-state index is -0.172. The zero-order valence-electron chi connectivity index (χ0n) is 12.7. The summed E-state index contributed by atoms with van der Waals surface area (Å²) in [6, 6.07) is 7.47. The van der Waals surface area contributed by atoms with Crippen molar-refractivity contribution in [2.75, 3.05) is 32.8 Å². The Morgan fingerprint density at radius 3 is 3.00 bits per heavy atom. The molecule has 3 nitrogen and oxygen atoms in total. The number of nitrogens with zero attached hydrogens (tertiary/aromatic N) is 1. The van der Waals surface area contributed by atoms with E-state index in [1.165, 1.54) is 37.1 Å². The molecule has 1 aromatic carbocycles. The number of morpholine rings is 1. The second-order valence-corrected chi connectivity index (χ2v) is 6.36. The molecule has 0 aromatic heterocycles. The number of ether oxygens (including phenoxy) is 1. The van der Waals surface area contributed by atoms with Crippen LogP contribution in [0.25, 0.3) is 0 Å². The second kappa shape index (κ2) is 6.86. The molecule has 0 aliphatic carbocycles. The highest BCUT2D eigenvalue weighted by atomic mass is 19.1. The van der Waals surface area contributed by atoms with Gasteiger partial charge in [-0.15, -0.1) is 0 Å². The lowest BCUT2D eigenvalue weighted by Gasteiger charge is -2.35. The van der Waals surface area contributed by atoms with E-state index in [2.05, 4.69) is 17.1 Å². The summed E-state index contributed by atoms with van der Waals surface area (Å²) in [4.78, 5) is 2.57. The molecule has 116 valence electrons. The molecule has 21 heavy (non-hydrogen) atoms. The number of rotatable bonds is 5. The molecule has 2 heterocycles. The fraction of sp³-hybridized carbons (Fsp3) is 0.647. The maximum absolute atomic E-state index is 12.9. The Balaban J connectivity index is 1.40. The number of benzene rings is 1. The maximum Gasteiger partial charge on any atom is 0.123 e. The Morgan fingerprint density at radius 2 is 2.19 bits per heavy atom. The number of halogens is 1. The fourth-order valence-corrected chi connectivity index (χ4v) is 3.38. The molecule has 1 N–H and O–H groups in total. The topological polar surface area (TPSA) is 24.5 Å². The summed E-state index contributed by atoms with van der Waals surface area (Å²) in [6.07, 6.45) is 2.91. The molecule has 1 aromatic rings. The molecule has 0 unspecified atom stereocenters. The van der Waals surface area contributed by atoms with E-state index in [9.17, 15) is 4.39 Å². The zero-order valence-corrected chi connectivity index (χ0v) is 12.7. The van der Waals surface area contributed by atoms with Crippen LogP contribution >= 0.6 is 0 Å². The van der Waals surface area contributed by atoms with Crippen molar-refractivity contribution in [3.63, 3.8) is 0 Å². The van der Waals surface area contributed by atoms with E-state index in [0.717, 1.165) is 26.2 Å². The first kappa shape index (κ1) is 14.9. The SMILES string of the molecule is C[C@H](CNC[C@H]1CN2CCC[C@@H]2CO1)c1ccc(F)cc1. The van der Waals surface area contributed by atoms with E-state index in [4.69, 9.17) is 4.74 Å². The molecular weight excluding hydrogens is 267 g/mol. The number of hydrogen-bond donors (Lipinski definition) is 1. The van der Waals surface area contributed by atoms with Crippen LogP contribution in [0, 0.1) is 5.82 Å². The average molecular weight is 292 g/mol. The van der Waals surface area contributed by atoms with Gasteiger partial charge in [-0.2, -0.15) is 0 Å². The van der Waals surface area contributed by atoms with E-state index in [-0.39, 0.29) is 5.82 Å². The Kier molecular flexibility index (Phi) is 4.88. The normalized spacial score (nSPS) is 27.5. The monoisotopic (exact) mass is 292 g/mol. The van der Waals surface area contributed by atoms with Crippen LogP contribution in [0.15, 0.2) is 24.3 Å². The summed E-state index contributed by atoms with van der Waals surface area (Å²) in [7, 11) is 0. The van der Waals surface area contributed by atoms with E-state index < -0.39 is 0 Å². The van der Waals surface area contributed by atoms with Crippen LogP contribution < -0.4 is 5.32 Å². The van der Waals surface area contributed by atoms with E-state index in [0.29, 0.717) is 18.1 Å². The quantitative estimate of drug-likeness (QED) is 0.902. The lowest BCUT2D eigenvalue weighted by atomic mass is 10.0. The first-order chi connectivity index (χ1) is 10.2. The Hall–Kier alpha value is -0.970. The van der Waals surface area contributed by atoms with Crippen LogP contribution in [0.5, 0.6) is 0 Å². The first-order valence-corrected chi connectivity index (χ1v) is 8.04. The number of fused-ring (bicyclic) bond motifs is 1. The van der Waals surface area contributed by atoms with Gasteiger partial charge in [0.15, 0.2) is 0 Å². The van der Waals surface area contributed by atoms with Crippen molar-refractivity contribution in [1.29, 1.82) is 0 Å². The molecule has 0 radical (unpaired) electrons. The van der Waals surface area contributed by atoms with Gasteiger partial charge in [0.2, 0.25) is 0 Å². The third kappa shape index (κ3) is 3.82. The summed E-state index contributed by atoms with van der Waals surface area (Å²) < 4.78 is 18.9. The van der Waals surface area contributed by atoms with Gasteiger partial charge in [0.25, 0.3) is 0 Å². The molecule has 3 atom stereocenters. The highest BCUT2D eigenvalue weighted by molar-refractivity contribution is 5.20. The Bertz CT molecular complexity index is 451. The largest absolute Gasteiger partial charge is 0.374 e. The van der Waals surface area contributed by atoms with Crippen molar-refractivity contribution in [2.24, 2.45) is 0 Å². The van der Waals surface area contributed by atoms with Gasteiger partial charge in [0, 0.05) is 25.7 Å². The molecule has 2 fully saturated rings. The summed E-state index contributed by atoms with van der Waals surface area (Å²) in [5, 5.41) is 3.50. The first-order valence-electron chi connectivity index (χ1n) is 8.04. The smallest absolute Gasteiger partial charge is 0.123 e. The molecule has 0 amide bonds. The van der Waals surface area contributed by atoms with Crippen molar-refractivity contribution in [3.05, 3.63) is 35.6 Å². The summed E-state index contributed by atoms with van der Waals surface area (Å²) in [5.41, 5.74) is 1.17. The van der Waals surface area contributed by atoms with Gasteiger partial charge in [-0.1, -0.05) is 19.1 Å². The van der Waals surface area contributed by atoms with Gasteiger partial charge in [-0.25, -0.2) is 4.39 Å². The van der Waals surface area contributed by atoms with Crippen molar-refractivity contribution >= 4 is 0 Å². The number of nitrogens with one attached hydrogen (secondary N) is 1.